The normalized spacial score (nSPS) is 11.4. The third-order valence-electron chi connectivity index (χ3n) is 4.17. The lowest BCUT2D eigenvalue weighted by Gasteiger charge is -2.19. The van der Waals surface area contributed by atoms with Crippen molar-refractivity contribution in [2.24, 2.45) is 17.4 Å². The molecule has 4 nitrogen and oxygen atoms in total. The van der Waals surface area contributed by atoms with Crippen molar-refractivity contribution in [2.75, 3.05) is 0 Å². The molecule has 4 N–H and O–H groups in total. The van der Waals surface area contributed by atoms with Crippen LogP contribution in [0, 0.1) is 19.8 Å². The maximum Gasteiger partial charge on any atom is 0.241 e. The minimum absolute atomic E-state index is 0.399. The number of hydrogen-bond acceptors (Lipinski definition) is 3. The first-order chi connectivity index (χ1) is 11.8. The van der Waals surface area contributed by atoms with Crippen molar-refractivity contribution in [3.05, 3.63) is 58.4 Å². The number of carbonyl (C=O) groups excluding carboxylic acids is 1. The molecule has 0 aliphatic rings. The Kier molecular flexibility index (Phi) is 6.10. The summed E-state index contributed by atoms with van der Waals surface area (Å²) in [4.78, 5) is 16.0. The Morgan fingerprint density at radius 3 is 2.36 bits per heavy atom. The van der Waals surface area contributed by atoms with E-state index >= 15 is 0 Å². The van der Waals surface area contributed by atoms with Crippen LogP contribution < -0.4 is 11.5 Å². The Hall–Kier alpha value is -2.46. The van der Waals surface area contributed by atoms with Gasteiger partial charge in [-0.1, -0.05) is 43.7 Å². The van der Waals surface area contributed by atoms with Gasteiger partial charge in [-0.25, -0.2) is 0 Å². The summed E-state index contributed by atoms with van der Waals surface area (Å²) < 4.78 is 0. The standard InChI is InChI=1S/C21H27N3O/c1-13(2)11-19-18(12-22)21(16-7-5-14(3)6-8-16)17(15(4)24-19)9-10-20(23)25/h5-10,13H,11-12,22H2,1-4H3,(H2,23,25)/b10-9+. The van der Waals surface area contributed by atoms with Gasteiger partial charge in [0.05, 0.1) is 0 Å². The monoisotopic (exact) mass is 337 g/mol. The molecule has 0 aliphatic carbocycles. The summed E-state index contributed by atoms with van der Waals surface area (Å²) in [5, 5.41) is 0. The highest BCUT2D eigenvalue weighted by Gasteiger charge is 2.18. The van der Waals surface area contributed by atoms with E-state index in [1.165, 1.54) is 11.6 Å². The van der Waals surface area contributed by atoms with Gasteiger partial charge < -0.3 is 11.5 Å². The van der Waals surface area contributed by atoms with E-state index in [1.54, 1.807) is 6.08 Å². The molecule has 1 aromatic carbocycles. The Bertz CT molecular complexity index is 790. The molecule has 0 aliphatic heterocycles. The number of carbonyl (C=O) groups is 1. The lowest BCUT2D eigenvalue weighted by Crippen LogP contribution is -2.12. The number of nitrogens with zero attached hydrogens (tertiary/aromatic N) is 1. The van der Waals surface area contributed by atoms with Crippen molar-refractivity contribution in [3.8, 4) is 11.1 Å². The van der Waals surface area contributed by atoms with Crippen LogP contribution in [0.3, 0.4) is 0 Å². The molecule has 0 saturated carbocycles. The van der Waals surface area contributed by atoms with E-state index in [9.17, 15) is 4.79 Å². The predicted octanol–water partition coefficient (Wildman–Crippen LogP) is 3.52. The summed E-state index contributed by atoms with van der Waals surface area (Å²) in [6.45, 7) is 8.76. The van der Waals surface area contributed by atoms with E-state index in [2.05, 4.69) is 45.0 Å². The molecule has 0 saturated heterocycles. The van der Waals surface area contributed by atoms with Crippen LogP contribution in [0.2, 0.25) is 0 Å². The van der Waals surface area contributed by atoms with Gasteiger partial charge in [0.15, 0.2) is 0 Å². The predicted molar refractivity (Wildman–Crippen MR) is 104 cm³/mol. The van der Waals surface area contributed by atoms with E-state index in [0.717, 1.165) is 40.1 Å². The Morgan fingerprint density at radius 2 is 1.84 bits per heavy atom. The lowest BCUT2D eigenvalue weighted by molar-refractivity contribution is -0.113. The van der Waals surface area contributed by atoms with Gasteiger partial charge in [-0.3, -0.25) is 9.78 Å². The SMILES string of the molecule is Cc1ccc(-c2c(/C=C/C(N)=O)c(C)nc(CC(C)C)c2CN)cc1. The summed E-state index contributed by atoms with van der Waals surface area (Å²) in [5.74, 6) is 0.00453. The number of nitrogens with two attached hydrogens (primary N) is 2. The van der Waals surface area contributed by atoms with Crippen molar-refractivity contribution in [1.29, 1.82) is 0 Å². The third-order valence-corrected chi connectivity index (χ3v) is 4.17. The molecule has 1 aromatic heterocycles. The van der Waals surface area contributed by atoms with E-state index in [1.807, 2.05) is 6.92 Å². The van der Waals surface area contributed by atoms with Crippen LogP contribution in [0.5, 0.6) is 0 Å². The highest BCUT2D eigenvalue weighted by atomic mass is 16.1. The first kappa shape index (κ1) is 18.9. The molecule has 0 radical (unpaired) electrons. The zero-order valence-electron chi connectivity index (χ0n) is 15.5. The van der Waals surface area contributed by atoms with E-state index in [4.69, 9.17) is 16.5 Å². The molecule has 2 rings (SSSR count). The summed E-state index contributed by atoms with van der Waals surface area (Å²) >= 11 is 0. The topological polar surface area (TPSA) is 82.0 Å². The van der Waals surface area contributed by atoms with Gasteiger partial charge in [-0.05, 0) is 49.0 Å². The Balaban J connectivity index is 2.78. The second-order valence-corrected chi connectivity index (χ2v) is 6.81. The summed E-state index contributed by atoms with van der Waals surface area (Å²) in [5.41, 5.74) is 18.6. The molecule has 0 spiro atoms. The second-order valence-electron chi connectivity index (χ2n) is 6.81. The van der Waals surface area contributed by atoms with Crippen molar-refractivity contribution in [1.82, 2.24) is 4.98 Å². The maximum atomic E-state index is 11.2. The van der Waals surface area contributed by atoms with Crippen LogP contribution in [-0.4, -0.2) is 10.9 Å². The van der Waals surface area contributed by atoms with Gasteiger partial charge in [0.2, 0.25) is 5.91 Å². The van der Waals surface area contributed by atoms with E-state index in [0.29, 0.717) is 12.5 Å². The molecular formula is C21H27N3O. The van der Waals surface area contributed by atoms with E-state index in [-0.39, 0.29) is 0 Å². The minimum atomic E-state index is -0.477. The number of benzene rings is 1. The van der Waals surface area contributed by atoms with Gasteiger partial charge in [0.1, 0.15) is 0 Å². The van der Waals surface area contributed by atoms with Gasteiger partial charge in [0, 0.05) is 29.6 Å². The molecule has 0 bridgehead atoms. The zero-order valence-corrected chi connectivity index (χ0v) is 15.5. The average Bonchev–Trinajstić information content (AvgIpc) is 2.53. The quantitative estimate of drug-likeness (QED) is 0.791. The number of aromatic nitrogens is 1. The first-order valence-electron chi connectivity index (χ1n) is 8.60. The number of rotatable bonds is 6. The second kappa shape index (κ2) is 8.08. The summed E-state index contributed by atoms with van der Waals surface area (Å²) in [6.07, 6.45) is 3.99. The molecule has 1 amide bonds. The number of primary amides is 1. The Morgan fingerprint density at radius 1 is 1.20 bits per heavy atom. The molecule has 25 heavy (non-hydrogen) atoms. The van der Waals surface area contributed by atoms with Crippen LogP contribution >= 0.6 is 0 Å². The van der Waals surface area contributed by atoms with Crippen molar-refractivity contribution in [3.63, 3.8) is 0 Å². The molecule has 132 valence electrons. The summed E-state index contributed by atoms with van der Waals surface area (Å²) in [7, 11) is 0. The van der Waals surface area contributed by atoms with Crippen LogP contribution in [-0.2, 0) is 17.8 Å². The largest absolute Gasteiger partial charge is 0.366 e. The number of pyridine rings is 1. The van der Waals surface area contributed by atoms with Gasteiger partial charge in [0.25, 0.3) is 0 Å². The van der Waals surface area contributed by atoms with E-state index < -0.39 is 5.91 Å². The maximum absolute atomic E-state index is 11.2. The highest BCUT2D eigenvalue weighted by Crippen LogP contribution is 2.33. The van der Waals surface area contributed by atoms with Crippen LogP contribution in [0.1, 0.15) is 41.9 Å². The highest BCUT2D eigenvalue weighted by molar-refractivity contribution is 5.92. The smallest absolute Gasteiger partial charge is 0.241 e. The third kappa shape index (κ3) is 4.54. The van der Waals surface area contributed by atoms with Crippen LogP contribution in [0.25, 0.3) is 17.2 Å². The zero-order chi connectivity index (χ0) is 18.6. The summed E-state index contributed by atoms with van der Waals surface area (Å²) in [6, 6.07) is 8.33. The first-order valence-corrected chi connectivity index (χ1v) is 8.60. The van der Waals surface area contributed by atoms with Crippen LogP contribution in [0.15, 0.2) is 30.3 Å². The molecule has 1 heterocycles. The molecule has 0 fully saturated rings. The van der Waals surface area contributed by atoms with Gasteiger partial charge >= 0.3 is 0 Å². The average molecular weight is 337 g/mol. The minimum Gasteiger partial charge on any atom is -0.366 e. The van der Waals surface area contributed by atoms with Gasteiger partial charge in [-0.15, -0.1) is 0 Å². The van der Waals surface area contributed by atoms with Crippen LogP contribution in [0.4, 0.5) is 0 Å². The number of hydrogen-bond donors (Lipinski definition) is 2. The lowest BCUT2D eigenvalue weighted by atomic mass is 9.89. The van der Waals surface area contributed by atoms with Crippen molar-refractivity contribution >= 4 is 12.0 Å². The molecule has 0 atom stereocenters. The molecule has 4 heteroatoms. The Labute approximate surface area is 150 Å². The fourth-order valence-electron chi connectivity index (χ4n) is 3.01. The fraction of sp³-hybridized carbons (Fsp3) is 0.333. The van der Waals surface area contributed by atoms with Crippen molar-refractivity contribution in [2.45, 2.75) is 40.7 Å². The molecule has 0 unspecified atom stereocenters. The fourth-order valence-corrected chi connectivity index (χ4v) is 3.01. The van der Waals surface area contributed by atoms with Gasteiger partial charge in [-0.2, -0.15) is 0 Å². The molecular weight excluding hydrogens is 310 g/mol. The molecule has 2 aromatic rings. The van der Waals surface area contributed by atoms with Crippen molar-refractivity contribution < 1.29 is 4.79 Å². The number of amides is 1. The number of aryl methyl sites for hydroxylation is 2.